The average molecular weight is 233 g/mol. The highest BCUT2D eigenvalue weighted by Gasteiger charge is 2.29. The van der Waals surface area contributed by atoms with Crippen LogP contribution < -0.4 is 5.32 Å². The molecule has 1 aliphatic heterocycles. The van der Waals surface area contributed by atoms with Gasteiger partial charge in [0, 0.05) is 18.0 Å². The number of aromatic amines is 1. The number of imidazole rings is 1. The predicted molar refractivity (Wildman–Crippen MR) is 69.2 cm³/mol. The third-order valence-electron chi connectivity index (χ3n) is 4.12. The number of aryl methyl sites for hydroxylation is 1. The molecule has 3 heteroatoms. The van der Waals surface area contributed by atoms with Crippen molar-refractivity contribution in [2.45, 2.75) is 51.4 Å². The molecular weight excluding hydrogens is 210 g/mol. The first-order chi connectivity index (χ1) is 8.36. The van der Waals surface area contributed by atoms with Crippen LogP contribution in [0.4, 0.5) is 0 Å². The molecule has 1 aliphatic carbocycles. The Labute approximate surface area is 103 Å². The lowest BCUT2D eigenvalue weighted by molar-refractivity contribution is 0.368. The SMILES string of the molecule is CCc1[nH]c(CC2CCNCC2)nc1C1CC1. The highest BCUT2D eigenvalue weighted by molar-refractivity contribution is 5.23. The molecule has 1 aromatic heterocycles. The lowest BCUT2D eigenvalue weighted by atomic mass is 9.94. The summed E-state index contributed by atoms with van der Waals surface area (Å²) >= 11 is 0. The van der Waals surface area contributed by atoms with Gasteiger partial charge < -0.3 is 10.3 Å². The normalized spacial score (nSPS) is 21.9. The molecule has 0 amide bonds. The summed E-state index contributed by atoms with van der Waals surface area (Å²) in [6, 6.07) is 0. The second kappa shape index (κ2) is 4.81. The summed E-state index contributed by atoms with van der Waals surface area (Å²) in [6.45, 7) is 4.59. The van der Waals surface area contributed by atoms with Gasteiger partial charge in [-0.3, -0.25) is 0 Å². The molecule has 2 fully saturated rings. The van der Waals surface area contributed by atoms with Crippen LogP contribution in [0.5, 0.6) is 0 Å². The highest BCUT2D eigenvalue weighted by atomic mass is 14.9. The van der Waals surface area contributed by atoms with Crippen LogP contribution in [0.2, 0.25) is 0 Å². The van der Waals surface area contributed by atoms with E-state index >= 15 is 0 Å². The van der Waals surface area contributed by atoms with Crippen LogP contribution in [0.1, 0.15) is 55.7 Å². The maximum absolute atomic E-state index is 4.86. The van der Waals surface area contributed by atoms with E-state index in [0.717, 1.165) is 24.7 Å². The minimum atomic E-state index is 0.781. The molecule has 0 spiro atoms. The number of hydrogen-bond acceptors (Lipinski definition) is 2. The van der Waals surface area contributed by atoms with Gasteiger partial charge in [-0.2, -0.15) is 0 Å². The molecule has 0 atom stereocenters. The molecule has 94 valence electrons. The van der Waals surface area contributed by atoms with Crippen molar-refractivity contribution in [2.75, 3.05) is 13.1 Å². The number of aromatic nitrogens is 2. The fraction of sp³-hybridized carbons (Fsp3) is 0.786. The van der Waals surface area contributed by atoms with Gasteiger partial charge in [0.05, 0.1) is 5.69 Å². The van der Waals surface area contributed by atoms with E-state index in [1.807, 2.05) is 0 Å². The minimum Gasteiger partial charge on any atom is -0.346 e. The molecule has 3 rings (SSSR count). The number of nitrogens with one attached hydrogen (secondary N) is 2. The molecule has 0 bridgehead atoms. The highest BCUT2D eigenvalue weighted by Crippen LogP contribution is 2.40. The molecule has 1 saturated heterocycles. The van der Waals surface area contributed by atoms with Gasteiger partial charge in [0.25, 0.3) is 0 Å². The molecule has 0 radical (unpaired) electrons. The van der Waals surface area contributed by atoms with E-state index in [1.54, 1.807) is 0 Å². The van der Waals surface area contributed by atoms with Gasteiger partial charge in [0.1, 0.15) is 5.82 Å². The third kappa shape index (κ3) is 2.54. The smallest absolute Gasteiger partial charge is 0.106 e. The molecule has 3 nitrogen and oxygen atoms in total. The van der Waals surface area contributed by atoms with Crippen LogP contribution in [-0.2, 0) is 12.8 Å². The van der Waals surface area contributed by atoms with Crippen molar-refractivity contribution >= 4 is 0 Å². The first kappa shape index (κ1) is 11.3. The van der Waals surface area contributed by atoms with Gasteiger partial charge in [-0.25, -0.2) is 4.98 Å². The zero-order valence-corrected chi connectivity index (χ0v) is 10.8. The first-order valence-electron chi connectivity index (χ1n) is 7.15. The Morgan fingerprint density at radius 2 is 1.94 bits per heavy atom. The lowest BCUT2D eigenvalue weighted by Gasteiger charge is -2.21. The Balaban J connectivity index is 1.69. The molecule has 2 aliphatic rings. The number of nitrogens with zero attached hydrogens (tertiary/aromatic N) is 1. The largest absolute Gasteiger partial charge is 0.346 e. The number of H-pyrrole nitrogens is 1. The van der Waals surface area contributed by atoms with Crippen molar-refractivity contribution in [2.24, 2.45) is 5.92 Å². The van der Waals surface area contributed by atoms with Gasteiger partial charge in [-0.1, -0.05) is 6.92 Å². The van der Waals surface area contributed by atoms with Gasteiger partial charge in [-0.05, 0) is 51.1 Å². The van der Waals surface area contributed by atoms with Crippen LogP contribution in [0.25, 0.3) is 0 Å². The molecule has 2 N–H and O–H groups in total. The summed E-state index contributed by atoms with van der Waals surface area (Å²) in [5, 5.41) is 3.43. The fourth-order valence-electron chi connectivity index (χ4n) is 2.90. The molecule has 1 saturated carbocycles. The van der Waals surface area contributed by atoms with Crippen molar-refractivity contribution in [1.82, 2.24) is 15.3 Å². The van der Waals surface area contributed by atoms with Crippen LogP contribution in [0.15, 0.2) is 0 Å². The zero-order chi connectivity index (χ0) is 11.7. The van der Waals surface area contributed by atoms with Crippen molar-refractivity contribution in [1.29, 1.82) is 0 Å². The second-order valence-electron chi connectivity index (χ2n) is 5.57. The molecule has 1 aromatic rings. The van der Waals surface area contributed by atoms with Gasteiger partial charge in [-0.15, -0.1) is 0 Å². The van der Waals surface area contributed by atoms with E-state index in [9.17, 15) is 0 Å². The fourth-order valence-corrected chi connectivity index (χ4v) is 2.90. The van der Waals surface area contributed by atoms with Crippen LogP contribution in [0, 0.1) is 5.92 Å². The van der Waals surface area contributed by atoms with Crippen LogP contribution in [0.3, 0.4) is 0 Å². The van der Waals surface area contributed by atoms with E-state index in [1.165, 1.54) is 56.0 Å². The summed E-state index contributed by atoms with van der Waals surface area (Å²) < 4.78 is 0. The summed E-state index contributed by atoms with van der Waals surface area (Å²) in [5.41, 5.74) is 2.79. The summed E-state index contributed by atoms with van der Waals surface area (Å²) in [6.07, 6.45) is 7.57. The number of rotatable bonds is 4. The first-order valence-corrected chi connectivity index (χ1v) is 7.15. The average Bonchev–Trinajstić information content (AvgIpc) is 3.13. The van der Waals surface area contributed by atoms with Crippen molar-refractivity contribution in [3.63, 3.8) is 0 Å². The molecule has 0 aromatic carbocycles. The zero-order valence-electron chi connectivity index (χ0n) is 10.8. The predicted octanol–water partition coefficient (Wildman–Crippen LogP) is 2.39. The summed E-state index contributed by atoms with van der Waals surface area (Å²) in [7, 11) is 0. The van der Waals surface area contributed by atoms with E-state index in [4.69, 9.17) is 4.98 Å². The minimum absolute atomic E-state index is 0.781. The quantitative estimate of drug-likeness (QED) is 0.838. The van der Waals surface area contributed by atoms with Crippen molar-refractivity contribution in [3.05, 3.63) is 17.2 Å². The maximum Gasteiger partial charge on any atom is 0.106 e. The van der Waals surface area contributed by atoms with E-state index < -0.39 is 0 Å². The van der Waals surface area contributed by atoms with Crippen LogP contribution in [-0.4, -0.2) is 23.1 Å². The second-order valence-corrected chi connectivity index (χ2v) is 5.57. The number of piperidine rings is 1. The molecule has 17 heavy (non-hydrogen) atoms. The summed E-state index contributed by atoms with van der Waals surface area (Å²) in [5.74, 6) is 2.86. The Hall–Kier alpha value is -0.830. The molecular formula is C14H23N3. The van der Waals surface area contributed by atoms with E-state index in [2.05, 4.69) is 17.2 Å². The third-order valence-corrected chi connectivity index (χ3v) is 4.12. The Morgan fingerprint density at radius 3 is 2.59 bits per heavy atom. The maximum atomic E-state index is 4.86. The van der Waals surface area contributed by atoms with E-state index in [-0.39, 0.29) is 0 Å². The van der Waals surface area contributed by atoms with Gasteiger partial charge >= 0.3 is 0 Å². The Bertz CT molecular complexity index is 373. The van der Waals surface area contributed by atoms with E-state index in [0.29, 0.717) is 0 Å². The van der Waals surface area contributed by atoms with Crippen LogP contribution >= 0.6 is 0 Å². The molecule has 2 heterocycles. The van der Waals surface area contributed by atoms with Gasteiger partial charge in [0.15, 0.2) is 0 Å². The van der Waals surface area contributed by atoms with Gasteiger partial charge in [0.2, 0.25) is 0 Å². The Morgan fingerprint density at radius 1 is 1.18 bits per heavy atom. The molecule has 0 unspecified atom stereocenters. The standard InChI is InChI=1S/C14H23N3/c1-2-12-14(11-3-4-11)17-13(16-12)9-10-5-7-15-8-6-10/h10-11,15H,2-9H2,1H3,(H,16,17). The number of hydrogen-bond donors (Lipinski definition) is 2. The summed E-state index contributed by atoms with van der Waals surface area (Å²) in [4.78, 5) is 8.43. The lowest BCUT2D eigenvalue weighted by Crippen LogP contribution is -2.28. The van der Waals surface area contributed by atoms with Crippen molar-refractivity contribution < 1.29 is 0 Å². The van der Waals surface area contributed by atoms with Crippen molar-refractivity contribution in [3.8, 4) is 0 Å². The Kier molecular flexibility index (Phi) is 3.19. The monoisotopic (exact) mass is 233 g/mol. The topological polar surface area (TPSA) is 40.7 Å².